The smallest absolute Gasteiger partial charge is 0.336 e. The molecule has 0 aliphatic rings. The van der Waals surface area contributed by atoms with E-state index in [1.807, 2.05) is 0 Å². The molecule has 18 heavy (non-hydrogen) atoms. The normalized spacial score (nSPS) is 10.3. The number of aromatic carboxylic acids is 1. The van der Waals surface area contributed by atoms with Crippen molar-refractivity contribution >= 4 is 18.6 Å². The monoisotopic (exact) mass is 264 g/mol. The second kappa shape index (κ2) is 4.49. The summed E-state index contributed by atoms with van der Waals surface area (Å²) in [5.41, 5.74) is -0.678. The summed E-state index contributed by atoms with van der Waals surface area (Å²) in [5.74, 6) is 4.26. The van der Waals surface area contributed by atoms with Gasteiger partial charge in [0, 0.05) is 5.56 Å². The Hall–Kier alpha value is -2.35. The van der Waals surface area contributed by atoms with Crippen LogP contribution in [0, 0.1) is 0 Å². The third-order valence-electron chi connectivity index (χ3n) is 2.29. The highest BCUT2D eigenvalue weighted by Gasteiger charge is 2.17. The molecular formula is C10H8N4O3S. The molecule has 0 bridgehead atoms. The quantitative estimate of drug-likeness (QED) is 0.520. The van der Waals surface area contributed by atoms with Crippen molar-refractivity contribution in [2.45, 2.75) is 5.16 Å². The molecule has 1 aromatic carbocycles. The number of hydrogen-bond donors (Lipinski definition) is 3. The van der Waals surface area contributed by atoms with Crippen molar-refractivity contribution in [2.24, 2.45) is 0 Å². The Bertz CT molecular complexity index is 683. The van der Waals surface area contributed by atoms with Gasteiger partial charge in [-0.1, -0.05) is 18.2 Å². The lowest BCUT2D eigenvalue weighted by Crippen LogP contribution is -2.31. The van der Waals surface area contributed by atoms with Crippen molar-refractivity contribution in [3.63, 3.8) is 0 Å². The highest BCUT2D eigenvalue weighted by Crippen LogP contribution is 2.18. The molecule has 0 saturated heterocycles. The summed E-state index contributed by atoms with van der Waals surface area (Å²) in [6, 6.07) is 5.98. The van der Waals surface area contributed by atoms with Crippen LogP contribution < -0.4 is 11.4 Å². The summed E-state index contributed by atoms with van der Waals surface area (Å²) in [6.45, 7) is 0. The van der Waals surface area contributed by atoms with Crippen LogP contribution in [-0.2, 0) is 0 Å². The van der Waals surface area contributed by atoms with E-state index in [-0.39, 0.29) is 22.0 Å². The van der Waals surface area contributed by atoms with Crippen LogP contribution in [0.3, 0.4) is 0 Å². The topological polar surface area (TPSA) is 111 Å². The average molecular weight is 264 g/mol. The molecule has 0 unspecified atom stereocenters. The summed E-state index contributed by atoms with van der Waals surface area (Å²) < 4.78 is 0.698. The minimum absolute atomic E-state index is 0.0455. The maximum atomic E-state index is 11.9. The zero-order valence-corrected chi connectivity index (χ0v) is 9.83. The van der Waals surface area contributed by atoms with Gasteiger partial charge in [-0.3, -0.25) is 4.79 Å². The summed E-state index contributed by atoms with van der Waals surface area (Å²) >= 11 is 3.84. The van der Waals surface area contributed by atoms with Gasteiger partial charge in [0.25, 0.3) is 5.56 Å². The molecule has 8 heteroatoms. The fourth-order valence-corrected chi connectivity index (χ4v) is 1.57. The van der Waals surface area contributed by atoms with Gasteiger partial charge in [0.05, 0.1) is 5.56 Å². The molecule has 0 aliphatic heterocycles. The Morgan fingerprint density at radius 3 is 2.67 bits per heavy atom. The molecule has 0 amide bonds. The van der Waals surface area contributed by atoms with E-state index in [2.05, 4.69) is 22.8 Å². The predicted octanol–water partition coefficient (Wildman–Crippen LogP) is 0.00600. The van der Waals surface area contributed by atoms with E-state index in [9.17, 15) is 9.59 Å². The first-order valence-electron chi connectivity index (χ1n) is 4.79. The third kappa shape index (κ3) is 1.93. The molecule has 0 radical (unpaired) electrons. The van der Waals surface area contributed by atoms with Crippen LogP contribution in [0.1, 0.15) is 10.4 Å². The summed E-state index contributed by atoms with van der Waals surface area (Å²) in [5, 5.41) is 16.2. The number of nitrogens with two attached hydrogens (primary N) is 1. The number of carboxylic acids is 1. The largest absolute Gasteiger partial charge is 0.478 e. The van der Waals surface area contributed by atoms with E-state index < -0.39 is 11.5 Å². The zero-order chi connectivity index (χ0) is 13.3. The van der Waals surface area contributed by atoms with Crippen molar-refractivity contribution in [3.05, 3.63) is 40.2 Å². The molecule has 1 heterocycles. The number of carboxylic acid groups (broad SMARTS) is 1. The summed E-state index contributed by atoms with van der Waals surface area (Å²) in [4.78, 5) is 22.9. The van der Waals surface area contributed by atoms with Gasteiger partial charge in [-0.2, -0.15) is 4.68 Å². The lowest BCUT2D eigenvalue weighted by molar-refractivity contribution is 0.0697. The molecule has 0 saturated carbocycles. The number of benzene rings is 1. The van der Waals surface area contributed by atoms with Gasteiger partial charge in [-0.05, 0) is 6.07 Å². The fourth-order valence-electron chi connectivity index (χ4n) is 1.44. The third-order valence-corrected chi connectivity index (χ3v) is 2.59. The molecule has 0 spiro atoms. The van der Waals surface area contributed by atoms with Gasteiger partial charge < -0.3 is 10.9 Å². The molecule has 3 N–H and O–H groups in total. The van der Waals surface area contributed by atoms with Crippen LogP contribution in [0.2, 0.25) is 0 Å². The number of nitrogens with zero attached hydrogens (tertiary/aromatic N) is 3. The van der Waals surface area contributed by atoms with Crippen LogP contribution in [0.15, 0.2) is 34.2 Å². The van der Waals surface area contributed by atoms with Crippen molar-refractivity contribution in [2.75, 3.05) is 5.84 Å². The first-order valence-corrected chi connectivity index (χ1v) is 5.23. The highest BCUT2D eigenvalue weighted by molar-refractivity contribution is 7.80. The highest BCUT2D eigenvalue weighted by atomic mass is 32.1. The lowest BCUT2D eigenvalue weighted by atomic mass is 10.1. The van der Waals surface area contributed by atoms with E-state index in [0.717, 1.165) is 0 Å². The average Bonchev–Trinajstić information content (AvgIpc) is 2.36. The van der Waals surface area contributed by atoms with Crippen LogP contribution >= 0.6 is 12.6 Å². The first-order chi connectivity index (χ1) is 8.52. The minimum Gasteiger partial charge on any atom is -0.478 e. The van der Waals surface area contributed by atoms with Gasteiger partial charge >= 0.3 is 5.97 Å². The Morgan fingerprint density at radius 1 is 1.33 bits per heavy atom. The number of hydrogen-bond acceptors (Lipinski definition) is 6. The van der Waals surface area contributed by atoms with E-state index in [4.69, 9.17) is 10.9 Å². The maximum absolute atomic E-state index is 11.9. The molecular weight excluding hydrogens is 256 g/mol. The van der Waals surface area contributed by atoms with Gasteiger partial charge in [-0.25, -0.2) is 4.79 Å². The van der Waals surface area contributed by atoms with Crippen LogP contribution in [0.25, 0.3) is 11.3 Å². The van der Waals surface area contributed by atoms with E-state index in [1.54, 1.807) is 12.1 Å². The first kappa shape index (κ1) is 12.1. The van der Waals surface area contributed by atoms with E-state index in [0.29, 0.717) is 4.68 Å². The Labute approximate surface area is 106 Å². The Morgan fingerprint density at radius 2 is 2.00 bits per heavy atom. The predicted molar refractivity (Wildman–Crippen MR) is 66.1 cm³/mol. The number of aromatic nitrogens is 3. The van der Waals surface area contributed by atoms with Gasteiger partial charge in [0.1, 0.15) is 0 Å². The van der Waals surface area contributed by atoms with Crippen LogP contribution in [0.5, 0.6) is 0 Å². The minimum atomic E-state index is -1.16. The molecule has 0 aliphatic carbocycles. The Kier molecular flexibility index (Phi) is 3.02. The van der Waals surface area contributed by atoms with Crippen molar-refractivity contribution in [3.8, 4) is 11.3 Å². The van der Waals surface area contributed by atoms with E-state index in [1.165, 1.54) is 12.1 Å². The van der Waals surface area contributed by atoms with Crippen LogP contribution in [0.4, 0.5) is 0 Å². The maximum Gasteiger partial charge on any atom is 0.336 e. The molecule has 92 valence electrons. The van der Waals surface area contributed by atoms with Gasteiger partial charge in [-0.15, -0.1) is 22.8 Å². The van der Waals surface area contributed by atoms with E-state index >= 15 is 0 Å². The molecule has 0 atom stereocenters. The zero-order valence-electron chi connectivity index (χ0n) is 8.94. The second-order valence-corrected chi connectivity index (χ2v) is 3.77. The molecule has 2 aromatic rings. The van der Waals surface area contributed by atoms with Crippen molar-refractivity contribution in [1.29, 1.82) is 0 Å². The molecule has 7 nitrogen and oxygen atoms in total. The van der Waals surface area contributed by atoms with Gasteiger partial charge in [0.2, 0.25) is 5.16 Å². The number of thiol groups is 1. The van der Waals surface area contributed by atoms with Crippen molar-refractivity contribution in [1.82, 2.24) is 14.9 Å². The number of rotatable bonds is 2. The number of carbonyl (C=O) groups is 1. The van der Waals surface area contributed by atoms with Crippen LogP contribution in [-0.4, -0.2) is 25.9 Å². The lowest BCUT2D eigenvalue weighted by Gasteiger charge is -2.06. The summed E-state index contributed by atoms with van der Waals surface area (Å²) in [7, 11) is 0. The molecule has 2 rings (SSSR count). The SMILES string of the molecule is Nn1c(S)nnc(-c2ccccc2C(=O)O)c1=O. The molecule has 1 aromatic heterocycles. The molecule has 0 fully saturated rings. The number of nitrogen functional groups attached to an aromatic ring is 1. The second-order valence-electron chi connectivity index (χ2n) is 3.37. The summed E-state index contributed by atoms with van der Waals surface area (Å²) in [6.07, 6.45) is 0. The fraction of sp³-hybridized carbons (Fsp3) is 0. The Balaban J connectivity index is 2.75. The van der Waals surface area contributed by atoms with Gasteiger partial charge in [0.15, 0.2) is 5.69 Å². The van der Waals surface area contributed by atoms with Crippen molar-refractivity contribution < 1.29 is 9.90 Å². The standard InChI is InChI=1S/C10H8N4O3S/c11-14-8(15)7(12-13-10(14)18)5-3-1-2-4-6(5)9(16)17/h1-4H,11H2,(H,13,18)(H,16,17).